The Morgan fingerprint density at radius 1 is 1.00 bits per heavy atom. The number of rotatable bonds is 8. The van der Waals surface area contributed by atoms with E-state index < -0.39 is 0 Å². The van der Waals surface area contributed by atoms with Crippen molar-refractivity contribution in [2.45, 2.75) is 43.4 Å². The third-order valence-electron chi connectivity index (χ3n) is 3.55. The van der Waals surface area contributed by atoms with Gasteiger partial charge in [0, 0.05) is 34.9 Å². The summed E-state index contributed by atoms with van der Waals surface area (Å²) in [6, 6.07) is 0. The van der Waals surface area contributed by atoms with Crippen LogP contribution in [0.15, 0.2) is 0 Å². The number of methoxy groups -OCH3 is 4. The maximum absolute atomic E-state index is 11.0. The molecule has 1 rings (SSSR count). The first-order valence-electron chi connectivity index (χ1n) is 6.60. The number of primary amides is 1. The molecule has 2 N–H and O–H groups in total. The number of amides is 1. The molecule has 1 fully saturated rings. The van der Waals surface area contributed by atoms with Crippen molar-refractivity contribution in [2.75, 3.05) is 35.0 Å². The lowest BCUT2D eigenvalue weighted by Gasteiger charge is -2.45. The van der Waals surface area contributed by atoms with Crippen molar-refractivity contribution in [3.8, 4) is 0 Å². The molecule has 1 amide bonds. The van der Waals surface area contributed by atoms with E-state index in [1.807, 2.05) is 0 Å². The summed E-state index contributed by atoms with van der Waals surface area (Å²) in [5, 5.41) is 0. The third-order valence-corrected chi connectivity index (χ3v) is 3.55. The fourth-order valence-corrected chi connectivity index (χ4v) is 2.64. The van der Waals surface area contributed by atoms with Crippen LogP contribution in [0.25, 0.3) is 0 Å². The van der Waals surface area contributed by atoms with Gasteiger partial charge in [0.15, 0.2) is 0 Å². The van der Waals surface area contributed by atoms with Gasteiger partial charge in [-0.15, -0.1) is 0 Å². The first-order valence-corrected chi connectivity index (χ1v) is 6.60. The highest BCUT2D eigenvalue weighted by Gasteiger charge is 2.46. The summed E-state index contributed by atoms with van der Waals surface area (Å²) in [5.74, 6) is -0.366. The molecule has 1 saturated heterocycles. The van der Waals surface area contributed by atoms with E-state index in [4.69, 9.17) is 29.4 Å². The van der Waals surface area contributed by atoms with Gasteiger partial charge < -0.3 is 29.4 Å². The van der Waals surface area contributed by atoms with Crippen LogP contribution in [0.2, 0.25) is 0 Å². The van der Waals surface area contributed by atoms with Crippen LogP contribution < -0.4 is 5.73 Å². The van der Waals surface area contributed by atoms with Crippen LogP contribution >= 0.6 is 0 Å². The first-order chi connectivity index (χ1) is 9.58. The normalized spacial score (nSPS) is 34.1. The molecule has 0 aromatic heterocycles. The second-order valence-electron chi connectivity index (χ2n) is 4.77. The average Bonchev–Trinajstić information content (AvgIpc) is 2.44. The summed E-state index contributed by atoms with van der Waals surface area (Å²) in [5.41, 5.74) is 5.19. The fraction of sp³-hybridized carbons (Fsp3) is 0.923. The Kier molecular flexibility index (Phi) is 7.39. The minimum atomic E-state index is -0.366. The van der Waals surface area contributed by atoms with Gasteiger partial charge in [0.25, 0.3) is 0 Å². The van der Waals surface area contributed by atoms with E-state index in [0.29, 0.717) is 13.0 Å². The first kappa shape index (κ1) is 17.3. The van der Waals surface area contributed by atoms with Crippen molar-refractivity contribution >= 4 is 5.91 Å². The molecule has 1 heterocycles. The second-order valence-corrected chi connectivity index (χ2v) is 4.77. The zero-order valence-electron chi connectivity index (χ0n) is 12.5. The molecule has 5 atom stereocenters. The van der Waals surface area contributed by atoms with Gasteiger partial charge in [-0.05, 0) is 6.42 Å². The maximum Gasteiger partial charge on any atom is 0.217 e. The number of ether oxygens (including phenoxy) is 5. The summed E-state index contributed by atoms with van der Waals surface area (Å²) in [7, 11) is 6.38. The Morgan fingerprint density at radius 2 is 1.55 bits per heavy atom. The molecule has 0 aromatic carbocycles. The largest absolute Gasteiger partial charge is 0.382 e. The van der Waals surface area contributed by atoms with Crippen LogP contribution in [-0.4, -0.2) is 71.5 Å². The third kappa shape index (κ3) is 4.13. The van der Waals surface area contributed by atoms with Crippen molar-refractivity contribution < 1.29 is 28.5 Å². The maximum atomic E-state index is 11.0. The van der Waals surface area contributed by atoms with Gasteiger partial charge in [-0.25, -0.2) is 0 Å². The Hall–Kier alpha value is -0.730. The van der Waals surface area contributed by atoms with Crippen LogP contribution in [0.4, 0.5) is 0 Å². The predicted octanol–water partition coefficient (Wildman–Crippen LogP) is -0.289. The topological polar surface area (TPSA) is 89.2 Å². The minimum absolute atomic E-state index is 0.234. The molecule has 118 valence electrons. The fourth-order valence-electron chi connectivity index (χ4n) is 2.64. The Balaban J connectivity index is 2.84. The smallest absolute Gasteiger partial charge is 0.217 e. The van der Waals surface area contributed by atoms with Crippen molar-refractivity contribution in [1.29, 1.82) is 0 Å². The van der Waals surface area contributed by atoms with Crippen molar-refractivity contribution in [3.63, 3.8) is 0 Å². The van der Waals surface area contributed by atoms with Gasteiger partial charge in [0.05, 0.1) is 12.7 Å². The van der Waals surface area contributed by atoms with Crippen LogP contribution in [0.1, 0.15) is 12.8 Å². The summed E-state index contributed by atoms with van der Waals surface area (Å²) < 4.78 is 27.6. The molecule has 1 aliphatic rings. The van der Waals surface area contributed by atoms with Crippen molar-refractivity contribution in [3.05, 3.63) is 0 Å². The summed E-state index contributed by atoms with van der Waals surface area (Å²) in [6.45, 7) is 0.377. The molecule has 0 aromatic rings. The predicted molar refractivity (Wildman–Crippen MR) is 71.4 cm³/mol. The molecule has 7 heteroatoms. The second kappa shape index (κ2) is 8.53. The molecule has 0 bridgehead atoms. The number of carbonyl (C=O) groups excluding carboxylic acids is 1. The summed E-state index contributed by atoms with van der Waals surface area (Å²) >= 11 is 0. The van der Waals surface area contributed by atoms with Crippen molar-refractivity contribution in [1.82, 2.24) is 0 Å². The molecule has 0 aliphatic carbocycles. The molecule has 0 unspecified atom stereocenters. The quantitative estimate of drug-likeness (QED) is 0.661. The molecule has 7 nitrogen and oxygen atoms in total. The van der Waals surface area contributed by atoms with E-state index in [2.05, 4.69) is 0 Å². The molecule has 1 aliphatic heterocycles. The number of nitrogens with two attached hydrogens (primary N) is 1. The van der Waals surface area contributed by atoms with Gasteiger partial charge in [-0.1, -0.05) is 0 Å². The highest BCUT2D eigenvalue weighted by atomic mass is 16.6. The monoisotopic (exact) mass is 291 g/mol. The number of hydrogen-bond acceptors (Lipinski definition) is 6. The molecule has 20 heavy (non-hydrogen) atoms. The number of hydrogen-bond donors (Lipinski definition) is 1. The van der Waals surface area contributed by atoms with Gasteiger partial charge in [-0.3, -0.25) is 4.79 Å². The zero-order chi connectivity index (χ0) is 15.1. The van der Waals surface area contributed by atoms with Gasteiger partial charge in [0.1, 0.15) is 24.4 Å². The SMILES string of the molecule is COC[C@H]1O[C@H](CCC(N)=O)[C@@H](OC)[C@@H](OC)[C@@H]1OC. The minimum Gasteiger partial charge on any atom is -0.382 e. The van der Waals surface area contributed by atoms with E-state index in [-0.39, 0.29) is 42.8 Å². The summed E-state index contributed by atoms with van der Waals surface area (Å²) in [4.78, 5) is 11.0. The van der Waals surface area contributed by atoms with Gasteiger partial charge >= 0.3 is 0 Å². The lowest BCUT2D eigenvalue weighted by atomic mass is 9.92. The average molecular weight is 291 g/mol. The van der Waals surface area contributed by atoms with E-state index in [9.17, 15) is 4.79 Å². The molecule has 0 spiro atoms. The lowest BCUT2D eigenvalue weighted by molar-refractivity contribution is -0.250. The Morgan fingerprint density at radius 3 is 2.00 bits per heavy atom. The molecule has 0 saturated carbocycles. The van der Waals surface area contributed by atoms with E-state index in [1.54, 1.807) is 28.4 Å². The van der Waals surface area contributed by atoms with Crippen molar-refractivity contribution in [2.24, 2.45) is 5.73 Å². The van der Waals surface area contributed by atoms with Crippen LogP contribution in [0.3, 0.4) is 0 Å². The summed E-state index contributed by atoms with van der Waals surface area (Å²) in [6.07, 6.45) is -0.769. The molecular weight excluding hydrogens is 266 g/mol. The van der Waals surface area contributed by atoms with E-state index in [0.717, 1.165) is 0 Å². The highest BCUT2D eigenvalue weighted by molar-refractivity contribution is 5.73. The number of carbonyl (C=O) groups is 1. The van der Waals surface area contributed by atoms with Crippen LogP contribution in [0, 0.1) is 0 Å². The highest BCUT2D eigenvalue weighted by Crippen LogP contribution is 2.29. The van der Waals surface area contributed by atoms with Gasteiger partial charge in [0.2, 0.25) is 5.91 Å². The Bertz CT molecular complexity index is 301. The van der Waals surface area contributed by atoms with E-state index in [1.165, 1.54) is 0 Å². The van der Waals surface area contributed by atoms with Crippen LogP contribution in [0.5, 0.6) is 0 Å². The standard InChI is InChI=1S/C13H25NO6/c1-16-7-9-12(18-3)13(19-4)11(17-2)8(20-9)5-6-10(14)15/h8-9,11-13H,5-7H2,1-4H3,(H2,14,15)/t8-,9-,11-,12-,13-/m1/s1. The zero-order valence-corrected chi connectivity index (χ0v) is 12.5. The van der Waals surface area contributed by atoms with E-state index >= 15 is 0 Å². The Labute approximate surface area is 119 Å². The van der Waals surface area contributed by atoms with Crippen LogP contribution in [-0.2, 0) is 28.5 Å². The lowest BCUT2D eigenvalue weighted by Crippen LogP contribution is -2.60. The molecular formula is C13H25NO6. The molecule has 0 radical (unpaired) electrons. The van der Waals surface area contributed by atoms with Gasteiger partial charge in [-0.2, -0.15) is 0 Å².